The normalized spacial score (nSPS) is 29.6. The zero-order valence-electron chi connectivity index (χ0n) is 15.9. The minimum atomic E-state index is -2.49. The molecule has 2 aliphatic heterocycles. The molecular formula is C21H29F2N3O. The molecule has 2 saturated heterocycles. The number of hydrogen-bond donors (Lipinski definition) is 0. The molecule has 1 aliphatic carbocycles. The lowest BCUT2D eigenvalue weighted by atomic mass is 9.82. The summed E-state index contributed by atoms with van der Waals surface area (Å²) >= 11 is 0. The summed E-state index contributed by atoms with van der Waals surface area (Å²) in [6, 6.07) is 5.80. The lowest BCUT2D eigenvalue weighted by molar-refractivity contribution is -0.149. The first-order valence-electron chi connectivity index (χ1n) is 10.3. The lowest BCUT2D eigenvalue weighted by Crippen LogP contribution is -2.60. The van der Waals surface area contributed by atoms with E-state index in [2.05, 4.69) is 9.88 Å². The SMILES string of the molecule is O=C1N(Cc2ccccn2)CCCC12CCCN2CC1CCC(F)(F)CC1. The number of amides is 1. The summed E-state index contributed by atoms with van der Waals surface area (Å²) in [6.45, 7) is 3.04. The topological polar surface area (TPSA) is 36.4 Å². The van der Waals surface area contributed by atoms with E-state index in [0.29, 0.717) is 25.3 Å². The summed E-state index contributed by atoms with van der Waals surface area (Å²) < 4.78 is 27.0. The van der Waals surface area contributed by atoms with Crippen LogP contribution >= 0.6 is 0 Å². The van der Waals surface area contributed by atoms with Gasteiger partial charge in [-0.2, -0.15) is 0 Å². The maximum absolute atomic E-state index is 13.5. The third-order valence-electron chi connectivity index (χ3n) is 6.72. The molecule has 3 fully saturated rings. The van der Waals surface area contributed by atoms with Gasteiger partial charge < -0.3 is 4.90 Å². The monoisotopic (exact) mass is 377 g/mol. The van der Waals surface area contributed by atoms with Gasteiger partial charge in [-0.1, -0.05) is 6.07 Å². The summed E-state index contributed by atoms with van der Waals surface area (Å²) in [6.07, 6.45) is 6.72. The molecule has 1 aromatic rings. The molecule has 1 atom stereocenters. The molecule has 0 bridgehead atoms. The smallest absolute Gasteiger partial charge is 0.248 e. The van der Waals surface area contributed by atoms with Crippen LogP contribution in [0.2, 0.25) is 0 Å². The highest BCUT2D eigenvalue weighted by atomic mass is 19.3. The van der Waals surface area contributed by atoms with Crippen molar-refractivity contribution in [3.8, 4) is 0 Å². The van der Waals surface area contributed by atoms with Crippen LogP contribution in [0.1, 0.15) is 57.1 Å². The van der Waals surface area contributed by atoms with Gasteiger partial charge in [0.2, 0.25) is 11.8 Å². The number of likely N-dealkylation sites (tertiary alicyclic amines) is 2. The van der Waals surface area contributed by atoms with Crippen molar-refractivity contribution in [1.29, 1.82) is 0 Å². The van der Waals surface area contributed by atoms with Gasteiger partial charge in [0.15, 0.2) is 0 Å². The maximum Gasteiger partial charge on any atom is 0.248 e. The van der Waals surface area contributed by atoms with Crippen molar-refractivity contribution in [3.05, 3.63) is 30.1 Å². The summed E-state index contributed by atoms with van der Waals surface area (Å²) in [7, 11) is 0. The van der Waals surface area contributed by atoms with E-state index >= 15 is 0 Å². The predicted molar refractivity (Wildman–Crippen MR) is 99.3 cm³/mol. The summed E-state index contributed by atoms with van der Waals surface area (Å²) in [4.78, 5) is 22.1. The molecule has 1 amide bonds. The fraction of sp³-hybridized carbons (Fsp3) is 0.714. The summed E-state index contributed by atoms with van der Waals surface area (Å²) in [5, 5.41) is 0. The number of alkyl halides is 2. The van der Waals surface area contributed by atoms with Gasteiger partial charge in [0, 0.05) is 32.1 Å². The third-order valence-corrected chi connectivity index (χ3v) is 6.72. The van der Waals surface area contributed by atoms with Crippen molar-refractivity contribution in [3.63, 3.8) is 0 Å². The molecule has 3 heterocycles. The van der Waals surface area contributed by atoms with E-state index in [1.807, 2.05) is 23.1 Å². The van der Waals surface area contributed by atoms with Gasteiger partial charge in [-0.25, -0.2) is 8.78 Å². The molecule has 3 aliphatic rings. The molecule has 4 nitrogen and oxygen atoms in total. The van der Waals surface area contributed by atoms with E-state index in [9.17, 15) is 13.6 Å². The van der Waals surface area contributed by atoms with Crippen LogP contribution in [0.4, 0.5) is 8.78 Å². The number of carbonyl (C=O) groups excluding carboxylic acids is 1. The number of hydrogen-bond acceptors (Lipinski definition) is 3. The fourth-order valence-corrected chi connectivity index (χ4v) is 5.22. The highest BCUT2D eigenvalue weighted by Crippen LogP contribution is 2.42. The van der Waals surface area contributed by atoms with Gasteiger partial charge in [-0.15, -0.1) is 0 Å². The average molecular weight is 377 g/mol. The molecule has 6 heteroatoms. The molecule has 0 N–H and O–H groups in total. The van der Waals surface area contributed by atoms with Crippen molar-refractivity contribution in [2.75, 3.05) is 19.6 Å². The minimum absolute atomic E-state index is 0.00173. The zero-order valence-corrected chi connectivity index (χ0v) is 15.9. The van der Waals surface area contributed by atoms with Crippen LogP contribution in [-0.4, -0.2) is 51.8 Å². The van der Waals surface area contributed by atoms with E-state index in [-0.39, 0.29) is 18.7 Å². The van der Waals surface area contributed by atoms with Crippen LogP contribution in [0.15, 0.2) is 24.4 Å². The van der Waals surface area contributed by atoms with Crippen LogP contribution in [0.5, 0.6) is 0 Å². The van der Waals surface area contributed by atoms with Crippen LogP contribution in [0.3, 0.4) is 0 Å². The number of nitrogens with zero attached hydrogens (tertiary/aromatic N) is 3. The van der Waals surface area contributed by atoms with E-state index in [1.165, 1.54) is 0 Å². The Morgan fingerprint density at radius 2 is 1.81 bits per heavy atom. The van der Waals surface area contributed by atoms with E-state index in [1.54, 1.807) is 6.20 Å². The van der Waals surface area contributed by atoms with Gasteiger partial charge in [0.05, 0.1) is 12.2 Å². The quantitative estimate of drug-likeness (QED) is 0.799. The second-order valence-corrected chi connectivity index (χ2v) is 8.53. The van der Waals surface area contributed by atoms with Crippen LogP contribution in [-0.2, 0) is 11.3 Å². The highest BCUT2D eigenvalue weighted by molar-refractivity contribution is 5.87. The maximum atomic E-state index is 13.5. The molecule has 1 saturated carbocycles. The molecule has 4 rings (SSSR count). The number of halogens is 2. The average Bonchev–Trinajstić information content (AvgIpc) is 3.05. The van der Waals surface area contributed by atoms with Gasteiger partial charge in [-0.3, -0.25) is 14.7 Å². The molecule has 1 aromatic heterocycles. The Labute approximate surface area is 159 Å². The Bertz CT molecular complexity index is 659. The van der Waals surface area contributed by atoms with Gasteiger partial charge >= 0.3 is 0 Å². The van der Waals surface area contributed by atoms with Crippen LogP contribution < -0.4 is 0 Å². The minimum Gasteiger partial charge on any atom is -0.335 e. The van der Waals surface area contributed by atoms with Crippen molar-refractivity contribution in [2.45, 2.75) is 69.4 Å². The van der Waals surface area contributed by atoms with Crippen molar-refractivity contribution < 1.29 is 13.6 Å². The van der Waals surface area contributed by atoms with E-state index in [0.717, 1.165) is 51.0 Å². The second-order valence-electron chi connectivity index (χ2n) is 8.53. The molecule has 148 valence electrons. The summed E-state index contributed by atoms with van der Waals surface area (Å²) in [5.41, 5.74) is 0.509. The largest absolute Gasteiger partial charge is 0.335 e. The Balaban J connectivity index is 1.44. The Morgan fingerprint density at radius 1 is 1.07 bits per heavy atom. The number of carbonyl (C=O) groups is 1. The number of pyridine rings is 1. The van der Waals surface area contributed by atoms with Crippen molar-refractivity contribution in [1.82, 2.24) is 14.8 Å². The molecule has 1 unspecified atom stereocenters. The van der Waals surface area contributed by atoms with Crippen molar-refractivity contribution in [2.24, 2.45) is 5.92 Å². The molecular weight excluding hydrogens is 348 g/mol. The fourth-order valence-electron chi connectivity index (χ4n) is 5.22. The van der Waals surface area contributed by atoms with Crippen LogP contribution in [0, 0.1) is 5.92 Å². The van der Waals surface area contributed by atoms with Gasteiger partial charge in [-0.05, 0) is 63.1 Å². The molecule has 27 heavy (non-hydrogen) atoms. The number of aromatic nitrogens is 1. The first-order chi connectivity index (χ1) is 13.0. The molecule has 0 radical (unpaired) electrons. The van der Waals surface area contributed by atoms with E-state index < -0.39 is 11.5 Å². The number of piperidine rings is 1. The van der Waals surface area contributed by atoms with Crippen LogP contribution in [0.25, 0.3) is 0 Å². The first-order valence-corrected chi connectivity index (χ1v) is 10.3. The number of rotatable bonds is 4. The van der Waals surface area contributed by atoms with Crippen molar-refractivity contribution >= 4 is 5.91 Å². The van der Waals surface area contributed by atoms with E-state index in [4.69, 9.17) is 0 Å². The zero-order chi connectivity index (χ0) is 18.9. The summed E-state index contributed by atoms with van der Waals surface area (Å²) in [5.74, 6) is -1.98. The van der Waals surface area contributed by atoms with Gasteiger partial charge in [0.1, 0.15) is 5.54 Å². The first kappa shape index (κ1) is 18.8. The van der Waals surface area contributed by atoms with Gasteiger partial charge in [0.25, 0.3) is 0 Å². The molecule has 1 spiro atoms. The molecule has 0 aromatic carbocycles. The second kappa shape index (κ2) is 7.46. The Morgan fingerprint density at radius 3 is 2.52 bits per heavy atom. The predicted octanol–water partition coefficient (Wildman–Crippen LogP) is 3.86. The Hall–Kier alpha value is -1.56. The Kier molecular flexibility index (Phi) is 5.19. The standard InChI is InChI=1S/C21H29F2N3O/c22-21(23)10-6-17(7-11-21)15-26-14-4-9-20(26)8-3-13-25(19(20)27)16-18-5-1-2-12-24-18/h1-2,5,12,17H,3-4,6-11,13-16H2. The third kappa shape index (κ3) is 3.86. The highest BCUT2D eigenvalue weighted by Gasteiger charge is 2.51. The lowest BCUT2D eigenvalue weighted by Gasteiger charge is -2.46.